The molecule has 26 heavy (non-hydrogen) atoms. The van der Waals surface area contributed by atoms with Gasteiger partial charge in [0.1, 0.15) is 5.82 Å². The number of nitrogens with zero attached hydrogens (tertiary/aromatic N) is 2. The fraction of sp³-hybridized carbons (Fsp3) is 0.412. The third-order valence-electron chi connectivity index (χ3n) is 4.43. The fourth-order valence-corrected chi connectivity index (χ4v) is 3.18. The van der Waals surface area contributed by atoms with Gasteiger partial charge in [0.2, 0.25) is 11.2 Å². The lowest BCUT2D eigenvalue weighted by Gasteiger charge is -2.27. The maximum atomic E-state index is 13.6. The third kappa shape index (κ3) is 3.49. The summed E-state index contributed by atoms with van der Waals surface area (Å²) >= 11 is 0. The van der Waals surface area contributed by atoms with Crippen molar-refractivity contribution in [1.29, 1.82) is 0 Å². The Bertz CT molecular complexity index is 900. The number of ether oxygens (including phenoxy) is 1. The summed E-state index contributed by atoms with van der Waals surface area (Å²) in [5.74, 6) is -1.03. The second kappa shape index (κ2) is 6.93. The van der Waals surface area contributed by atoms with E-state index in [1.807, 2.05) is 6.92 Å². The molecular formula is C17H20FN3O5. The molecule has 1 aromatic carbocycles. The number of halogens is 1. The van der Waals surface area contributed by atoms with Crippen molar-refractivity contribution in [2.24, 2.45) is 0 Å². The summed E-state index contributed by atoms with van der Waals surface area (Å²) < 4.78 is 19.7. The van der Waals surface area contributed by atoms with E-state index in [2.05, 4.69) is 10.1 Å². The van der Waals surface area contributed by atoms with Crippen LogP contribution in [0.25, 0.3) is 10.9 Å². The molecule has 0 amide bonds. The monoisotopic (exact) mass is 365 g/mol. The Labute approximate surface area is 148 Å². The maximum absolute atomic E-state index is 13.6. The topological polar surface area (TPSA) is 104 Å². The van der Waals surface area contributed by atoms with Crippen molar-refractivity contribution in [2.45, 2.75) is 18.9 Å². The van der Waals surface area contributed by atoms with Crippen LogP contribution in [0.15, 0.2) is 29.2 Å². The highest BCUT2D eigenvalue weighted by atomic mass is 19.1. The highest BCUT2D eigenvalue weighted by molar-refractivity contribution is 5.81. The molecule has 1 aliphatic rings. The standard InChI is InChI=1S/C17H20FN3O5/c1-2-19-9-17(25)5-6-20(10-17)21-8-14(26-16(23)24)15(22)12-7-11(18)3-4-13(12)21/h3-4,7-8,19,25H,2,5-6,9-10H2,1H3,(H,23,24). The minimum absolute atomic E-state index is 0.00544. The lowest BCUT2D eigenvalue weighted by atomic mass is 10.0. The van der Waals surface area contributed by atoms with Gasteiger partial charge in [-0.2, -0.15) is 0 Å². The minimum atomic E-state index is -1.63. The number of hydrogen-bond acceptors (Lipinski definition) is 6. The smallest absolute Gasteiger partial charge is 0.449 e. The number of rotatable bonds is 5. The number of hydrogen-bond donors (Lipinski definition) is 3. The molecule has 1 aromatic heterocycles. The molecule has 0 bridgehead atoms. The van der Waals surface area contributed by atoms with Gasteiger partial charge in [-0.25, -0.2) is 9.18 Å². The SMILES string of the molecule is CCNCC1(O)CCN(n2cc(OC(=O)O)c(=O)c3cc(F)ccc32)C1. The number of β-amino-alcohol motifs (C(OH)–C–C–N with tert-alkyl or cyclic N) is 1. The van der Waals surface area contributed by atoms with Crippen LogP contribution in [0.1, 0.15) is 13.3 Å². The van der Waals surface area contributed by atoms with Crippen LogP contribution in [0.5, 0.6) is 5.75 Å². The lowest BCUT2D eigenvalue weighted by Crippen LogP contribution is -2.45. The van der Waals surface area contributed by atoms with Crippen molar-refractivity contribution in [2.75, 3.05) is 31.2 Å². The van der Waals surface area contributed by atoms with Gasteiger partial charge >= 0.3 is 6.16 Å². The summed E-state index contributed by atoms with van der Waals surface area (Å²) in [6, 6.07) is 3.71. The van der Waals surface area contributed by atoms with E-state index in [1.54, 1.807) is 9.69 Å². The van der Waals surface area contributed by atoms with E-state index in [0.29, 0.717) is 25.0 Å². The van der Waals surface area contributed by atoms with Gasteiger partial charge in [0.25, 0.3) is 0 Å². The first-order valence-corrected chi connectivity index (χ1v) is 8.27. The Morgan fingerprint density at radius 3 is 2.92 bits per heavy atom. The molecule has 1 fully saturated rings. The maximum Gasteiger partial charge on any atom is 0.511 e. The highest BCUT2D eigenvalue weighted by Crippen LogP contribution is 2.24. The van der Waals surface area contributed by atoms with Crippen molar-refractivity contribution >= 4 is 17.1 Å². The van der Waals surface area contributed by atoms with Gasteiger partial charge in [0, 0.05) is 13.1 Å². The molecular weight excluding hydrogens is 345 g/mol. The second-order valence-corrected chi connectivity index (χ2v) is 6.34. The Morgan fingerprint density at radius 2 is 2.23 bits per heavy atom. The minimum Gasteiger partial charge on any atom is -0.449 e. The van der Waals surface area contributed by atoms with Crippen LogP contribution in [-0.2, 0) is 0 Å². The largest absolute Gasteiger partial charge is 0.511 e. The molecule has 0 spiro atoms. The molecule has 1 aliphatic heterocycles. The van der Waals surface area contributed by atoms with Gasteiger partial charge < -0.3 is 25.3 Å². The van der Waals surface area contributed by atoms with Crippen molar-refractivity contribution in [3.05, 3.63) is 40.4 Å². The van der Waals surface area contributed by atoms with Gasteiger partial charge in [-0.15, -0.1) is 0 Å². The number of fused-ring (bicyclic) bond motifs is 1. The summed E-state index contributed by atoms with van der Waals surface area (Å²) in [7, 11) is 0. The number of likely N-dealkylation sites (N-methyl/N-ethyl adjacent to an activating group) is 1. The van der Waals surface area contributed by atoms with Crippen molar-refractivity contribution in [3.8, 4) is 5.75 Å². The average molecular weight is 365 g/mol. The van der Waals surface area contributed by atoms with Crippen LogP contribution in [0.4, 0.5) is 9.18 Å². The quantitative estimate of drug-likeness (QED) is 0.676. The van der Waals surface area contributed by atoms with Crippen LogP contribution in [0.3, 0.4) is 0 Å². The average Bonchev–Trinajstić information content (AvgIpc) is 2.98. The molecule has 0 aliphatic carbocycles. The number of aromatic nitrogens is 1. The van der Waals surface area contributed by atoms with Gasteiger partial charge in [0.15, 0.2) is 0 Å². The first-order valence-electron chi connectivity index (χ1n) is 8.27. The van der Waals surface area contributed by atoms with Crippen LogP contribution in [-0.4, -0.2) is 52.8 Å². The second-order valence-electron chi connectivity index (χ2n) is 6.34. The van der Waals surface area contributed by atoms with Crippen molar-refractivity contribution in [3.63, 3.8) is 0 Å². The van der Waals surface area contributed by atoms with Crippen LogP contribution in [0, 0.1) is 5.82 Å². The van der Waals surface area contributed by atoms with Crippen molar-refractivity contribution < 1.29 is 24.1 Å². The first kappa shape index (κ1) is 18.2. The summed E-state index contributed by atoms with van der Waals surface area (Å²) in [4.78, 5) is 23.3. The zero-order valence-electron chi connectivity index (χ0n) is 14.2. The molecule has 3 rings (SSSR count). The Hall–Kier alpha value is -2.65. The van der Waals surface area contributed by atoms with Gasteiger partial charge in [-0.3, -0.25) is 9.47 Å². The van der Waals surface area contributed by atoms with E-state index in [4.69, 9.17) is 5.11 Å². The molecule has 8 nitrogen and oxygen atoms in total. The zero-order valence-corrected chi connectivity index (χ0v) is 14.2. The molecule has 9 heteroatoms. The number of carboxylic acid groups (broad SMARTS) is 1. The predicted molar refractivity (Wildman–Crippen MR) is 92.9 cm³/mol. The molecule has 0 radical (unpaired) electrons. The number of pyridine rings is 1. The van der Waals surface area contributed by atoms with Gasteiger partial charge in [0.05, 0.1) is 29.2 Å². The summed E-state index contributed by atoms with van der Waals surface area (Å²) in [6.45, 7) is 3.81. The Morgan fingerprint density at radius 1 is 1.46 bits per heavy atom. The summed E-state index contributed by atoms with van der Waals surface area (Å²) in [5.41, 5.74) is -1.26. The molecule has 3 N–H and O–H groups in total. The van der Waals surface area contributed by atoms with Crippen LogP contribution in [0.2, 0.25) is 0 Å². The number of aliphatic hydroxyl groups is 1. The molecule has 1 unspecified atom stereocenters. The first-order chi connectivity index (χ1) is 12.3. The van der Waals surface area contributed by atoms with Gasteiger partial charge in [-0.1, -0.05) is 6.92 Å². The van der Waals surface area contributed by atoms with Gasteiger partial charge in [-0.05, 0) is 31.2 Å². The summed E-state index contributed by atoms with van der Waals surface area (Å²) in [6.07, 6.45) is 0.120. The predicted octanol–water partition coefficient (Wildman–Crippen LogP) is 0.880. The van der Waals surface area contributed by atoms with Crippen molar-refractivity contribution in [1.82, 2.24) is 9.99 Å². The van der Waals surface area contributed by atoms with E-state index in [1.165, 1.54) is 18.3 Å². The van der Waals surface area contributed by atoms with E-state index < -0.39 is 28.8 Å². The molecule has 2 heterocycles. The van der Waals surface area contributed by atoms with E-state index in [9.17, 15) is 19.1 Å². The van der Waals surface area contributed by atoms with E-state index in [-0.39, 0.29) is 11.9 Å². The normalized spacial score (nSPS) is 19.9. The summed E-state index contributed by atoms with van der Waals surface area (Å²) in [5, 5.41) is 24.4. The van der Waals surface area contributed by atoms with E-state index in [0.717, 1.165) is 12.6 Å². The fourth-order valence-electron chi connectivity index (χ4n) is 3.18. The molecule has 1 atom stereocenters. The Balaban J connectivity index is 2.06. The molecule has 140 valence electrons. The van der Waals surface area contributed by atoms with Crippen LogP contribution >= 0.6 is 0 Å². The molecule has 2 aromatic rings. The zero-order chi connectivity index (χ0) is 18.9. The number of benzene rings is 1. The van der Waals surface area contributed by atoms with Crippen LogP contribution < -0.4 is 20.5 Å². The molecule has 0 saturated carbocycles. The van der Waals surface area contributed by atoms with E-state index >= 15 is 0 Å². The molecule has 1 saturated heterocycles. The lowest BCUT2D eigenvalue weighted by molar-refractivity contribution is 0.0622. The Kier molecular flexibility index (Phi) is 4.84. The highest BCUT2D eigenvalue weighted by Gasteiger charge is 2.36. The number of carbonyl (C=O) groups is 1. The number of nitrogens with one attached hydrogen (secondary N) is 1. The third-order valence-corrected chi connectivity index (χ3v) is 4.43.